The van der Waals surface area contributed by atoms with E-state index in [4.69, 9.17) is 9.47 Å². The van der Waals surface area contributed by atoms with E-state index in [2.05, 4.69) is 18.7 Å². The van der Waals surface area contributed by atoms with Gasteiger partial charge in [0.2, 0.25) is 0 Å². The fraction of sp³-hybridized carbons (Fsp3) is 0.368. The molecule has 0 atom stereocenters. The Labute approximate surface area is 143 Å². The Morgan fingerprint density at radius 2 is 1.50 bits per heavy atom. The summed E-state index contributed by atoms with van der Waals surface area (Å²) in [5.74, 6) is 1.46. The molecule has 0 saturated carbocycles. The van der Waals surface area contributed by atoms with Gasteiger partial charge in [0.05, 0.1) is 14.2 Å². The highest BCUT2D eigenvalue weighted by Gasteiger charge is 2.17. The summed E-state index contributed by atoms with van der Waals surface area (Å²) < 4.78 is 10.6. The number of hydrogen-bond donors (Lipinski definition) is 2. The minimum absolute atomic E-state index is 0.0770. The molecule has 2 N–H and O–H groups in total. The summed E-state index contributed by atoms with van der Waals surface area (Å²) in [6.07, 6.45) is 0. The average molecular weight is 331 g/mol. The van der Waals surface area contributed by atoms with Gasteiger partial charge in [-0.1, -0.05) is 13.8 Å². The van der Waals surface area contributed by atoms with Crippen LogP contribution in [0, 0.1) is 0 Å². The zero-order valence-corrected chi connectivity index (χ0v) is 14.7. The number of aromatic hydroxyl groups is 2. The zero-order valence-electron chi connectivity index (χ0n) is 14.7. The standard InChI is InChI=1S/C19H25NO4/c1-5-20(6-2)12-13-9-15(24-4)11-17(19(13)22)16-10-14(23-3)7-8-18(16)21/h7-11,21-22H,5-6,12H2,1-4H3. The van der Waals surface area contributed by atoms with Crippen LogP contribution in [0.5, 0.6) is 23.0 Å². The van der Waals surface area contributed by atoms with E-state index in [1.165, 1.54) is 0 Å². The molecule has 0 unspecified atom stereocenters. The van der Waals surface area contributed by atoms with Gasteiger partial charge >= 0.3 is 0 Å². The maximum Gasteiger partial charge on any atom is 0.128 e. The minimum Gasteiger partial charge on any atom is -0.507 e. The van der Waals surface area contributed by atoms with Gasteiger partial charge in [-0.15, -0.1) is 0 Å². The van der Waals surface area contributed by atoms with Crippen LogP contribution in [0.15, 0.2) is 30.3 Å². The largest absolute Gasteiger partial charge is 0.507 e. The summed E-state index contributed by atoms with van der Waals surface area (Å²) in [4.78, 5) is 2.20. The summed E-state index contributed by atoms with van der Waals surface area (Å²) in [6.45, 7) is 6.53. The average Bonchev–Trinajstić information content (AvgIpc) is 2.61. The van der Waals surface area contributed by atoms with E-state index in [9.17, 15) is 10.2 Å². The van der Waals surface area contributed by atoms with Crippen LogP contribution in [0.1, 0.15) is 19.4 Å². The molecule has 2 aromatic carbocycles. The van der Waals surface area contributed by atoms with Crippen molar-refractivity contribution in [3.8, 4) is 34.1 Å². The van der Waals surface area contributed by atoms with Crippen molar-refractivity contribution in [2.75, 3.05) is 27.3 Å². The van der Waals surface area contributed by atoms with Gasteiger partial charge in [-0.25, -0.2) is 0 Å². The van der Waals surface area contributed by atoms with E-state index < -0.39 is 0 Å². The number of hydrogen-bond acceptors (Lipinski definition) is 5. The Kier molecular flexibility index (Phi) is 5.93. The molecule has 0 fully saturated rings. The molecule has 0 aliphatic carbocycles. The van der Waals surface area contributed by atoms with Crippen LogP contribution >= 0.6 is 0 Å². The van der Waals surface area contributed by atoms with Gasteiger partial charge in [-0.05, 0) is 43.4 Å². The molecule has 5 nitrogen and oxygen atoms in total. The molecule has 2 rings (SSSR count). The Morgan fingerprint density at radius 3 is 2.08 bits per heavy atom. The number of benzene rings is 2. The summed E-state index contributed by atoms with van der Waals surface area (Å²) in [7, 11) is 3.15. The maximum absolute atomic E-state index is 10.8. The molecule has 130 valence electrons. The third-order valence-electron chi connectivity index (χ3n) is 4.18. The molecular formula is C19H25NO4. The van der Waals surface area contributed by atoms with E-state index in [0.29, 0.717) is 29.2 Å². The molecular weight excluding hydrogens is 306 g/mol. The first-order valence-electron chi connectivity index (χ1n) is 8.03. The van der Waals surface area contributed by atoms with Gasteiger partial charge in [-0.3, -0.25) is 4.90 Å². The predicted molar refractivity (Wildman–Crippen MR) is 94.9 cm³/mol. The van der Waals surface area contributed by atoms with Gasteiger partial charge in [0.15, 0.2) is 0 Å². The van der Waals surface area contributed by atoms with Gasteiger partial charge in [0, 0.05) is 23.2 Å². The topological polar surface area (TPSA) is 62.2 Å². The monoisotopic (exact) mass is 331 g/mol. The van der Waals surface area contributed by atoms with Crippen molar-refractivity contribution in [2.24, 2.45) is 0 Å². The number of rotatable bonds is 7. The van der Waals surface area contributed by atoms with Crippen LogP contribution in [0.3, 0.4) is 0 Å². The number of nitrogens with zero attached hydrogens (tertiary/aromatic N) is 1. The van der Waals surface area contributed by atoms with Gasteiger partial charge in [0.1, 0.15) is 23.0 Å². The normalized spacial score (nSPS) is 10.9. The van der Waals surface area contributed by atoms with Crippen molar-refractivity contribution in [3.05, 3.63) is 35.9 Å². The number of ether oxygens (including phenoxy) is 2. The van der Waals surface area contributed by atoms with Crippen LogP contribution < -0.4 is 9.47 Å². The molecule has 24 heavy (non-hydrogen) atoms. The van der Waals surface area contributed by atoms with Crippen LogP contribution in [-0.2, 0) is 6.54 Å². The van der Waals surface area contributed by atoms with E-state index in [1.54, 1.807) is 38.5 Å². The molecule has 0 aliphatic heterocycles. The van der Waals surface area contributed by atoms with E-state index in [1.807, 2.05) is 6.07 Å². The summed E-state index contributed by atoms with van der Waals surface area (Å²) in [5.41, 5.74) is 1.79. The fourth-order valence-corrected chi connectivity index (χ4v) is 2.66. The summed E-state index contributed by atoms with van der Waals surface area (Å²) in [6, 6.07) is 8.47. The Hall–Kier alpha value is -2.40. The molecule has 0 spiro atoms. The summed E-state index contributed by atoms with van der Waals surface area (Å²) in [5, 5.41) is 21.0. The van der Waals surface area contributed by atoms with E-state index in [0.717, 1.165) is 18.7 Å². The number of methoxy groups -OCH3 is 2. The second-order valence-corrected chi connectivity index (χ2v) is 5.53. The lowest BCUT2D eigenvalue weighted by Gasteiger charge is -2.21. The van der Waals surface area contributed by atoms with E-state index >= 15 is 0 Å². The second-order valence-electron chi connectivity index (χ2n) is 5.53. The van der Waals surface area contributed by atoms with E-state index in [-0.39, 0.29) is 11.5 Å². The lowest BCUT2D eigenvalue weighted by molar-refractivity contribution is 0.290. The quantitative estimate of drug-likeness (QED) is 0.811. The van der Waals surface area contributed by atoms with Crippen LogP contribution in [-0.4, -0.2) is 42.4 Å². The fourth-order valence-electron chi connectivity index (χ4n) is 2.66. The lowest BCUT2D eigenvalue weighted by Crippen LogP contribution is -2.22. The zero-order chi connectivity index (χ0) is 17.7. The Balaban J connectivity index is 2.57. The molecule has 0 aromatic heterocycles. The van der Waals surface area contributed by atoms with Gasteiger partial charge in [0.25, 0.3) is 0 Å². The van der Waals surface area contributed by atoms with Crippen molar-refractivity contribution < 1.29 is 19.7 Å². The maximum atomic E-state index is 10.8. The third-order valence-corrected chi connectivity index (χ3v) is 4.18. The van der Waals surface area contributed by atoms with Crippen molar-refractivity contribution in [2.45, 2.75) is 20.4 Å². The molecule has 0 amide bonds. The van der Waals surface area contributed by atoms with Crippen molar-refractivity contribution in [3.63, 3.8) is 0 Å². The molecule has 2 aromatic rings. The third kappa shape index (κ3) is 3.74. The highest BCUT2D eigenvalue weighted by Crippen LogP contribution is 2.41. The first kappa shape index (κ1) is 17.9. The number of phenolic OH excluding ortho intramolecular Hbond substituents is 2. The summed E-state index contributed by atoms with van der Waals surface area (Å²) >= 11 is 0. The van der Waals surface area contributed by atoms with Crippen molar-refractivity contribution in [1.82, 2.24) is 4.90 Å². The number of phenols is 2. The SMILES string of the molecule is CCN(CC)Cc1cc(OC)cc(-c2cc(OC)ccc2O)c1O. The highest BCUT2D eigenvalue weighted by molar-refractivity contribution is 5.79. The van der Waals surface area contributed by atoms with Crippen LogP contribution in [0.4, 0.5) is 0 Å². The van der Waals surface area contributed by atoms with Gasteiger partial charge in [-0.2, -0.15) is 0 Å². The molecule has 0 heterocycles. The highest BCUT2D eigenvalue weighted by atomic mass is 16.5. The van der Waals surface area contributed by atoms with Crippen molar-refractivity contribution in [1.29, 1.82) is 0 Å². The van der Waals surface area contributed by atoms with Gasteiger partial charge < -0.3 is 19.7 Å². The molecule has 0 bridgehead atoms. The second kappa shape index (κ2) is 7.93. The van der Waals surface area contributed by atoms with Crippen molar-refractivity contribution >= 4 is 0 Å². The Morgan fingerprint density at radius 1 is 0.875 bits per heavy atom. The molecule has 5 heteroatoms. The lowest BCUT2D eigenvalue weighted by atomic mass is 9.99. The predicted octanol–water partition coefficient (Wildman–Crippen LogP) is 3.62. The smallest absolute Gasteiger partial charge is 0.128 e. The molecule has 0 saturated heterocycles. The minimum atomic E-state index is 0.0770. The van der Waals surface area contributed by atoms with Crippen LogP contribution in [0.25, 0.3) is 11.1 Å². The molecule has 0 aliphatic rings. The first-order valence-corrected chi connectivity index (χ1v) is 8.03. The van der Waals surface area contributed by atoms with Crippen LogP contribution in [0.2, 0.25) is 0 Å². The molecule has 0 radical (unpaired) electrons. The Bertz CT molecular complexity index is 696. The first-order chi connectivity index (χ1) is 11.5.